The average molecular weight is 176 g/mol. The summed E-state index contributed by atoms with van der Waals surface area (Å²) < 4.78 is 5.08. The van der Waals surface area contributed by atoms with Crippen LogP contribution < -0.4 is 5.73 Å². The van der Waals surface area contributed by atoms with Crippen molar-refractivity contribution >= 4 is 17.2 Å². The molecule has 0 bridgehead atoms. The SMILES string of the molecule is C=NCCN.CC(C)(C)O[SiH3]. The first-order valence-electron chi connectivity index (χ1n) is 3.65. The highest BCUT2D eigenvalue weighted by Crippen LogP contribution is 2.01. The number of rotatable bonds is 2. The van der Waals surface area contributed by atoms with Gasteiger partial charge in [0.15, 0.2) is 0 Å². The predicted molar refractivity (Wildman–Crippen MR) is 54.2 cm³/mol. The Morgan fingerprint density at radius 3 is 1.91 bits per heavy atom. The third-order valence-corrected chi connectivity index (χ3v) is 2.12. The van der Waals surface area contributed by atoms with Gasteiger partial charge in [-0.05, 0) is 27.5 Å². The lowest BCUT2D eigenvalue weighted by Gasteiger charge is -2.15. The molecule has 0 aromatic heterocycles. The van der Waals surface area contributed by atoms with Gasteiger partial charge >= 0.3 is 0 Å². The average Bonchev–Trinajstić information content (AvgIpc) is 1.90. The summed E-state index contributed by atoms with van der Waals surface area (Å²) in [6.07, 6.45) is 0. The highest BCUT2D eigenvalue weighted by molar-refractivity contribution is 5.98. The zero-order valence-corrected chi connectivity index (χ0v) is 10.1. The predicted octanol–water partition coefficient (Wildman–Crippen LogP) is -0.272. The van der Waals surface area contributed by atoms with E-state index in [1.807, 2.05) is 0 Å². The summed E-state index contributed by atoms with van der Waals surface area (Å²) in [5.41, 5.74) is 5.11. The molecule has 0 aliphatic carbocycles. The van der Waals surface area contributed by atoms with Crippen LogP contribution in [0, 0.1) is 0 Å². The molecule has 0 aliphatic heterocycles. The number of nitrogens with two attached hydrogens (primary N) is 1. The first-order valence-corrected chi connectivity index (χ1v) is 4.47. The van der Waals surface area contributed by atoms with Crippen LogP contribution >= 0.6 is 0 Å². The lowest BCUT2D eigenvalue weighted by atomic mass is 10.2. The first kappa shape index (κ1) is 13.4. The van der Waals surface area contributed by atoms with Crippen molar-refractivity contribution in [2.24, 2.45) is 10.7 Å². The van der Waals surface area contributed by atoms with Gasteiger partial charge in [-0.1, -0.05) is 0 Å². The largest absolute Gasteiger partial charge is 0.423 e. The molecule has 0 rings (SSSR count). The van der Waals surface area contributed by atoms with Crippen molar-refractivity contribution in [1.29, 1.82) is 0 Å². The Labute approximate surface area is 72.6 Å². The van der Waals surface area contributed by atoms with Crippen molar-refractivity contribution in [2.75, 3.05) is 13.1 Å². The maximum atomic E-state index is 5.08. The highest BCUT2D eigenvalue weighted by atomic mass is 28.2. The van der Waals surface area contributed by atoms with Gasteiger partial charge in [-0.25, -0.2) is 0 Å². The van der Waals surface area contributed by atoms with Crippen molar-refractivity contribution in [3.8, 4) is 0 Å². The Morgan fingerprint density at radius 2 is 1.91 bits per heavy atom. The molecule has 2 N–H and O–H groups in total. The van der Waals surface area contributed by atoms with Crippen LogP contribution in [0.4, 0.5) is 0 Å². The number of hydrogen-bond acceptors (Lipinski definition) is 3. The number of aliphatic imine (C=N–C) groups is 1. The van der Waals surface area contributed by atoms with Crippen LogP contribution in [-0.2, 0) is 4.43 Å². The van der Waals surface area contributed by atoms with Crippen LogP contribution in [0.5, 0.6) is 0 Å². The zero-order valence-electron chi connectivity index (χ0n) is 8.05. The lowest BCUT2D eigenvalue weighted by Crippen LogP contribution is -2.16. The summed E-state index contributed by atoms with van der Waals surface area (Å²) in [5, 5.41) is 0. The minimum absolute atomic E-state index is 0.103. The molecule has 0 amide bonds. The molecule has 0 unspecified atom stereocenters. The molecule has 0 aliphatic rings. The van der Waals surface area contributed by atoms with E-state index in [1.54, 1.807) is 0 Å². The molecule has 0 radical (unpaired) electrons. The fourth-order valence-corrected chi connectivity index (χ4v) is 0.0913. The topological polar surface area (TPSA) is 47.6 Å². The summed E-state index contributed by atoms with van der Waals surface area (Å²) in [5.74, 6) is 0. The third-order valence-electron chi connectivity index (χ3n) is 0.900. The van der Waals surface area contributed by atoms with Crippen molar-refractivity contribution in [3.63, 3.8) is 0 Å². The Balaban J connectivity index is 0. The molecule has 0 saturated carbocycles. The molecule has 0 fully saturated rings. The Morgan fingerprint density at radius 1 is 1.55 bits per heavy atom. The fraction of sp³-hybridized carbons (Fsp3) is 0.857. The molecule has 68 valence electrons. The lowest BCUT2D eigenvalue weighted by molar-refractivity contribution is 0.147. The molecule has 0 aromatic carbocycles. The van der Waals surface area contributed by atoms with Gasteiger partial charge in [-0.15, -0.1) is 0 Å². The Bertz CT molecular complexity index is 90.9. The Kier molecular flexibility index (Phi) is 9.63. The molecule has 0 atom stereocenters. The van der Waals surface area contributed by atoms with Crippen molar-refractivity contribution in [3.05, 3.63) is 0 Å². The van der Waals surface area contributed by atoms with E-state index in [4.69, 9.17) is 10.2 Å². The van der Waals surface area contributed by atoms with E-state index < -0.39 is 0 Å². The summed E-state index contributed by atoms with van der Waals surface area (Å²) in [4.78, 5) is 3.48. The normalized spacial score (nSPS) is 10.2. The quantitative estimate of drug-likeness (QED) is 0.465. The molecule has 3 nitrogen and oxygen atoms in total. The molecule has 0 spiro atoms. The number of nitrogens with zero attached hydrogens (tertiary/aromatic N) is 1. The highest BCUT2D eigenvalue weighted by Gasteiger charge is 2.03. The van der Waals surface area contributed by atoms with Gasteiger partial charge in [0.05, 0.1) is 6.54 Å². The first-order chi connectivity index (χ1) is 4.97. The monoisotopic (exact) mass is 176 g/mol. The molecule has 0 saturated heterocycles. The zero-order chi connectivity index (χ0) is 9.33. The van der Waals surface area contributed by atoms with Crippen molar-refractivity contribution < 1.29 is 4.43 Å². The summed E-state index contributed by atoms with van der Waals surface area (Å²) in [6, 6.07) is 0. The van der Waals surface area contributed by atoms with Crippen LogP contribution in [0.2, 0.25) is 0 Å². The van der Waals surface area contributed by atoms with Crippen LogP contribution in [-0.4, -0.2) is 35.9 Å². The molecular formula is C7H20N2OSi. The van der Waals surface area contributed by atoms with E-state index in [0.717, 1.165) is 10.5 Å². The second-order valence-electron chi connectivity index (χ2n) is 3.05. The summed E-state index contributed by atoms with van der Waals surface area (Å²) >= 11 is 0. The van der Waals surface area contributed by atoms with E-state index in [1.165, 1.54) is 0 Å². The van der Waals surface area contributed by atoms with Gasteiger partial charge < -0.3 is 10.2 Å². The maximum Gasteiger partial charge on any atom is 0.146 e. The van der Waals surface area contributed by atoms with Crippen LogP contribution in [0.3, 0.4) is 0 Å². The second kappa shape index (κ2) is 7.91. The van der Waals surface area contributed by atoms with E-state index in [2.05, 4.69) is 32.5 Å². The van der Waals surface area contributed by atoms with Gasteiger partial charge in [0.1, 0.15) is 10.5 Å². The molecule has 0 aromatic rings. The minimum Gasteiger partial charge on any atom is -0.423 e. The van der Waals surface area contributed by atoms with Gasteiger partial charge in [0.2, 0.25) is 0 Å². The standard InChI is InChI=1S/C4H12OSi.C3H8N2/c1-4(2,3)5-6;1-5-3-2-4/h1-3,6H3;1-4H2. The van der Waals surface area contributed by atoms with Crippen molar-refractivity contribution in [2.45, 2.75) is 26.4 Å². The molecule has 11 heavy (non-hydrogen) atoms. The van der Waals surface area contributed by atoms with E-state index >= 15 is 0 Å². The summed E-state index contributed by atoms with van der Waals surface area (Å²) in [7, 11) is 0.848. The Hall–Kier alpha value is -0.193. The minimum atomic E-state index is 0.103. The van der Waals surface area contributed by atoms with Crippen molar-refractivity contribution in [1.82, 2.24) is 0 Å². The van der Waals surface area contributed by atoms with E-state index in [0.29, 0.717) is 13.1 Å². The summed E-state index contributed by atoms with van der Waals surface area (Å²) in [6.45, 7) is 10.7. The van der Waals surface area contributed by atoms with Crippen LogP contribution in [0.15, 0.2) is 4.99 Å². The smallest absolute Gasteiger partial charge is 0.146 e. The van der Waals surface area contributed by atoms with E-state index in [9.17, 15) is 0 Å². The fourth-order valence-electron chi connectivity index (χ4n) is 0.0913. The third kappa shape index (κ3) is 25.9. The van der Waals surface area contributed by atoms with Gasteiger partial charge in [-0.3, -0.25) is 4.99 Å². The molecule has 0 heterocycles. The van der Waals surface area contributed by atoms with Gasteiger partial charge in [-0.2, -0.15) is 0 Å². The molecule has 4 heteroatoms. The maximum absolute atomic E-state index is 5.08. The van der Waals surface area contributed by atoms with Crippen LogP contribution in [0.1, 0.15) is 20.8 Å². The number of hydrogen-bond donors (Lipinski definition) is 1. The van der Waals surface area contributed by atoms with Gasteiger partial charge in [0.25, 0.3) is 0 Å². The van der Waals surface area contributed by atoms with Gasteiger partial charge in [0, 0.05) is 12.1 Å². The van der Waals surface area contributed by atoms with Crippen LogP contribution in [0.25, 0.3) is 0 Å². The second-order valence-corrected chi connectivity index (χ2v) is 3.46. The van der Waals surface area contributed by atoms with E-state index in [-0.39, 0.29) is 5.60 Å². The molecular weight excluding hydrogens is 156 g/mol.